The highest BCUT2D eigenvalue weighted by Crippen LogP contribution is 2.24. The first-order valence-corrected chi connectivity index (χ1v) is 8.26. The summed E-state index contributed by atoms with van der Waals surface area (Å²) in [5.41, 5.74) is 1.15. The summed E-state index contributed by atoms with van der Waals surface area (Å²) in [6.07, 6.45) is 1.34. The third-order valence-electron chi connectivity index (χ3n) is 4.34. The number of likely N-dealkylation sites (N-methyl/N-ethyl adjacent to an activating group) is 1. The SMILES string of the molecule is CCC(Cc1ccccc1)(NC)C(=O)c1ccc(OCCO)cc1. The summed E-state index contributed by atoms with van der Waals surface area (Å²) in [5, 5.41) is 12.0. The van der Waals surface area contributed by atoms with Crippen molar-refractivity contribution in [3.05, 3.63) is 65.7 Å². The predicted octanol–water partition coefficient (Wildman–Crippen LogP) is 2.85. The number of benzene rings is 2. The molecule has 0 heterocycles. The van der Waals surface area contributed by atoms with Gasteiger partial charge in [0.25, 0.3) is 0 Å². The zero-order valence-electron chi connectivity index (χ0n) is 14.3. The Morgan fingerprint density at radius 3 is 2.33 bits per heavy atom. The van der Waals surface area contributed by atoms with Gasteiger partial charge >= 0.3 is 0 Å². The van der Waals surface area contributed by atoms with Crippen molar-refractivity contribution in [3.63, 3.8) is 0 Å². The molecule has 0 amide bonds. The molecule has 1 unspecified atom stereocenters. The van der Waals surface area contributed by atoms with Gasteiger partial charge in [0.2, 0.25) is 0 Å². The van der Waals surface area contributed by atoms with Gasteiger partial charge in [-0.3, -0.25) is 4.79 Å². The molecule has 4 heteroatoms. The Kier molecular flexibility index (Phi) is 6.53. The molecule has 0 aliphatic rings. The number of aliphatic hydroxyl groups excluding tert-OH is 1. The summed E-state index contributed by atoms with van der Waals surface area (Å²) in [6, 6.07) is 17.1. The van der Waals surface area contributed by atoms with Gasteiger partial charge in [0.15, 0.2) is 5.78 Å². The molecule has 0 radical (unpaired) electrons. The molecule has 0 aliphatic carbocycles. The van der Waals surface area contributed by atoms with Crippen molar-refractivity contribution in [1.82, 2.24) is 5.32 Å². The van der Waals surface area contributed by atoms with Crippen LogP contribution in [0.1, 0.15) is 29.3 Å². The van der Waals surface area contributed by atoms with Gasteiger partial charge in [-0.05, 0) is 49.7 Å². The fraction of sp³-hybridized carbons (Fsp3) is 0.350. The minimum atomic E-state index is -0.630. The molecule has 128 valence electrons. The quantitative estimate of drug-likeness (QED) is 0.695. The van der Waals surface area contributed by atoms with Gasteiger partial charge in [0.1, 0.15) is 12.4 Å². The number of hydrogen-bond donors (Lipinski definition) is 2. The third-order valence-corrected chi connectivity index (χ3v) is 4.34. The lowest BCUT2D eigenvalue weighted by Crippen LogP contribution is -2.51. The number of rotatable bonds is 9. The number of ether oxygens (including phenoxy) is 1. The van der Waals surface area contributed by atoms with Crippen LogP contribution in [0.5, 0.6) is 5.75 Å². The van der Waals surface area contributed by atoms with Crippen LogP contribution >= 0.6 is 0 Å². The van der Waals surface area contributed by atoms with Crippen molar-refractivity contribution in [2.24, 2.45) is 0 Å². The van der Waals surface area contributed by atoms with E-state index in [2.05, 4.69) is 5.32 Å². The maximum absolute atomic E-state index is 13.1. The maximum atomic E-state index is 13.1. The van der Waals surface area contributed by atoms with Crippen LogP contribution in [-0.2, 0) is 6.42 Å². The summed E-state index contributed by atoms with van der Waals surface area (Å²) in [4.78, 5) is 13.1. The van der Waals surface area contributed by atoms with E-state index in [0.717, 1.165) is 5.56 Å². The van der Waals surface area contributed by atoms with Crippen LogP contribution in [0, 0.1) is 0 Å². The minimum absolute atomic E-state index is 0.0313. The minimum Gasteiger partial charge on any atom is -0.491 e. The van der Waals surface area contributed by atoms with E-state index < -0.39 is 5.54 Å². The van der Waals surface area contributed by atoms with Crippen LogP contribution in [-0.4, -0.2) is 36.7 Å². The first kappa shape index (κ1) is 18.2. The first-order valence-electron chi connectivity index (χ1n) is 8.26. The molecular weight excluding hydrogens is 302 g/mol. The van der Waals surface area contributed by atoms with Gasteiger partial charge in [-0.1, -0.05) is 37.3 Å². The zero-order chi connectivity index (χ0) is 17.4. The molecule has 1 atom stereocenters. The molecule has 4 nitrogen and oxygen atoms in total. The summed E-state index contributed by atoms with van der Waals surface area (Å²) in [5.74, 6) is 0.722. The van der Waals surface area contributed by atoms with Crippen molar-refractivity contribution in [3.8, 4) is 5.75 Å². The fourth-order valence-electron chi connectivity index (χ4n) is 2.83. The monoisotopic (exact) mass is 327 g/mol. The van der Waals surface area contributed by atoms with E-state index in [1.54, 1.807) is 24.3 Å². The Labute approximate surface area is 143 Å². The second-order valence-electron chi connectivity index (χ2n) is 5.77. The van der Waals surface area contributed by atoms with Crippen molar-refractivity contribution < 1.29 is 14.6 Å². The molecule has 24 heavy (non-hydrogen) atoms. The molecule has 0 bridgehead atoms. The Balaban J connectivity index is 2.21. The number of ketones is 1. The molecule has 2 N–H and O–H groups in total. The lowest BCUT2D eigenvalue weighted by atomic mass is 9.81. The van der Waals surface area contributed by atoms with E-state index in [-0.39, 0.29) is 19.0 Å². The molecule has 2 rings (SSSR count). The van der Waals surface area contributed by atoms with Crippen molar-refractivity contribution in [2.75, 3.05) is 20.3 Å². The third kappa shape index (κ3) is 4.22. The highest BCUT2D eigenvalue weighted by atomic mass is 16.5. The average molecular weight is 327 g/mol. The topological polar surface area (TPSA) is 58.6 Å². The van der Waals surface area contributed by atoms with E-state index in [1.807, 2.05) is 44.3 Å². The molecule has 0 spiro atoms. The zero-order valence-corrected chi connectivity index (χ0v) is 14.3. The summed E-state index contributed by atoms with van der Waals surface area (Å²) >= 11 is 0. The number of nitrogens with one attached hydrogen (secondary N) is 1. The van der Waals surface area contributed by atoms with Crippen LogP contribution in [0.2, 0.25) is 0 Å². The van der Waals surface area contributed by atoms with Crippen LogP contribution in [0.4, 0.5) is 0 Å². The Morgan fingerprint density at radius 1 is 1.12 bits per heavy atom. The summed E-state index contributed by atoms with van der Waals surface area (Å²) in [6.45, 7) is 2.24. The highest BCUT2D eigenvalue weighted by Gasteiger charge is 2.35. The van der Waals surface area contributed by atoms with Crippen LogP contribution in [0.25, 0.3) is 0 Å². The van der Waals surface area contributed by atoms with E-state index in [4.69, 9.17) is 9.84 Å². The van der Waals surface area contributed by atoms with Crippen LogP contribution in [0.15, 0.2) is 54.6 Å². The van der Waals surface area contributed by atoms with Crippen LogP contribution in [0.3, 0.4) is 0 Å². The smallest absolute Gasteiger partial charge is 0.183 e. The highest BCUT2D eigenvalue weighted by molar-refractivity contribution is 6.03. The molecule has 2 aromatic rings. The molecule has 0 fully saturated rings. The Hall–Kier alpha value is -2.17. The largest absolute Gasteiger partial charge is 0.491 e. The molecular formula is C20H25NO3. The standard InChI is InChI=1S/C20H25NO3/c1-3-20(21-2,15-16-7-5-4-6-8-16)19(23)17-9-11-18(12-10-17)24-14-13-22/h4-12,21-22H,3,13-15H2,1-2H3. The Bertz CT molecular complexity index is 634. The van der Waals surface area contributed by atoms with Crippen molar-refractivity contribution in [1.29, 1.82) is 0 Å². The fourth-order valence-corrected chi connectivity index (χ4v) is 2.83. The predicted molar refractivity (Wildman–Crippen MR) is 95.6 cm³/mol. The first-order chi connectivity index (χ1) is 11.6. The number of aliphatic hydroxyl groups is 1. The number of hydrogen-bond acceptors (Lipinski definition) is 4. The molecule has 0 aromatic heterocycles. The van der Waals surface area contributed by atoms with E-state index in [1.165, 1.54) is 0 Å². The normalized spacial score (nSPS) is 13.3. The van der Waals surface area contributed by atoms with Gasteiger partial charge < -0.3 is 15.2 Å². The van der Waals surface area contributed by atoms with Gasteiger partial charge in [-0.2, -0.15) is 0 Å². The second kappa shape index (κ2) is 8.62. The number of carbonyl (C=O) groups is 1. The van der Waals surface area contributed by atoms with E-state index in [9.17, 15) is 4.79 Å². The van der Waals surface area contributed by atoms with Gasteiger partial charge in [0.05, 0.1) is 12.1 Å². The van der Waals surface area contributed by atoms with Crippen LogP contribution < -0.4 is 10.1 Å². The van der Waals surface area contributed by atoms with Gasteiger partial charge in [-0.15, -0.1) is 0 Å². The summed E-state index contributed by atoms with van der Waals surface area (Å²) in [7, 11) is 1.84. The van der Waals surface area contributed by atoms with Gasteiger partial charge in [0, 0.05) is 5.56 Å². The lowest BCUT2D eigenvalue weighted by molar-refractivity contribution is 0.0851. The molecule has 0 saturated carbocycles. The second-order valence-corrected chi connectivity index (χ2v) is 5.77. The lowest BCUT2D eigenvalue weighted by Gasteiger charge is -2.31. The molecule has 2 aromatic carbocycles. The van der Waals surface area contributed by atoms with E-state index in [0.29, 0.717) is 24.2 Å². The van der Waals surface area contributed by atoms with E-state index >= 15 is 0 Å². The molecule has 0 saturated heterocycles. The number of carbonyl (C=O) groups excluding carboxylic acids is 1. The maximum Gasteiger partial charge on any atom is 0.183 e. The molecule has 0 aliphatic heterocycles. The van der Waals surface area contributed by atoms with Gasteiger partial charge in [-0.25, -0.2) is 0 Å². The Morgan fingerprint density at radius 2 is 1.79 bits per heavy atom. The van der Waals surface area contributed by atoms with Crippen molar-refractivity contribution >= 4 is 5.78 Å². The average Bonchev–Trinajstić information content (AvgIpc) is 2.65. The van der Waals surface area contributed by atoms with Crippen molar-refractivity contribution in [2.45, 2.75) is 25.3 Å². The number of Topliss-reactive ketones (excluding diaryl/α,β-unsaturated/α-hetero) is 1. The summed E-state index contributed by atoms with van der Waals surface area (Å²) < 4.78 is 5.35.